The number of hydrogen-bond donors (Lipinski definition) is 1. The quantitative estimate of drug-likeness (QED) is 0.327. The fourth-order valence-corrected chi connectivity index (χ4v) is 4.32. The molecule has 30 heavy (non-hydrogen) atoms. The molecule has 0 aliphatic heterocycles. The number of hydrogen-bond acceptors (Lipinski definition) is 5. The van der Waals surface area contributed by atoms with Gasteiger partial charge >= 0.3 is 0 Å². The SMILES string of the molecule is CCCn1c(SCC(=O)Nc2ccc(C)cc2Cl)nc2c(oc3ccccc32)c1=O. The second-order valence-electron chi connectivity index (χ2n) is 6.95. The third-order valence-electron chi connectivity index (χ3n) is 4.63. The van der Waals surface area contributed by atoms with E-state index in [1.807, 2.05) is 44.2 Å². The van der Waals surface area contributed by atoms with E-state index in [2.05, 4.69) is 10.3 Å². The number of carbonyl (C=O) groups excluding carboxylic acids is 1. The first-order valence-corrected chi connectivity index (χ1v) is 10.9. The van der Waals surface area contributed by atoms with Gasteiger partial charge in [0.2, 0.25) is 11.5 Å². The molecule has 0 saturated carbocycles. The molecule has 0 bridgehead atoms. The summed E-state index contributed by atoms with van der Waals surface area (Å²) in [6.45, 7) is 4.41. The Bertz CT molecular complexity index is 1310. The van der Waals surface area contributed by atoms with Gasteiger partial charge in [0.25, 0.3) is 5.56 Å². The van der Waals surface area contributed by atoms with Crippen LogP contribution in [0.5, 0.6) is 0 Å². The third kappa shape index (κ3) is 3.95. The monoisotopic (exact) mass is 441 g/mol. The van der Waals surface area contributed by atoms with Crippen molar-refractivity contribution in [3.8, 4) is 0 Å². The normalized spacial score (nSPS) is 11.3. The lowest BCUT2D eigenvalue weighted by atomic mass is 10.2. The first kappa shape index (κ1) is 20.5. The van der Waals surface area contributed by atoms with E-state index in [4.69, 9.17) is 16.0 Å². The number of para-hydroxylation sites is 1. The molecule has 4 aromatic rings. The summed E-state index contributed by atoms with van der Waals surface area (Å²) in [6.07, 6.45) is 0.756. The first-order valence-electron chi connectivity index (χ1n) is 9.58. The number of aryl methyl sites for hydroxylation is 1. The van der Waals surface area contributed by atoms with Crippen molar-refractivity contribution >= 4 is 57.0 Å². The Morgan fingerprint density at radius 2 is 2.07 bits per heavy atom. The van der Waals surface area contributed by atoms with Gasteiger partial charge in [0.05, 0.1) is 16.5 Å². The summed E-state index contributed by atoms with van der Waals surface area (Å²) in [5.74, 6) is -0.123. The minimum atomic E-state index is -0.234. The maximum absolute atomic E-state index is 13.0. The number of amides is 1. The van der Waals surface area contributed by atoms with E-state index in [0.29, 0.717) is 33.5 Å². The molecule has 0 fully saturated rings. The number of aromatic nitrogens is 2. The van der Waals surface area contributed by atoms with Crippen molar-refractivity contribution in [2.75, 3.05) is 11.1 Å². The van der Waals surface area contributed by atoms with Crippen LogP contribution < -0.4 is 10.9 Å². The fourth-order valence-electron chi connectivity index (χ4n) is 3.22. The molecular formula is C22H20ClN3O3S. The van der Waals surface area contributed by atoms with Crippen LogP contribution in [0, 0.1) is 6.92 Å². The van der Waals surface area contributed by atoms with Crippen molar-refractivity contribution < 1.29 is 9.21 Å². The molecule has 0 radical (unpaired) electrons. The summed E-state index contributed by atoms with van der Waals surface area (Å²) in [5, 5.41) is 4.57. The van der Waals surface area contributed by atoms with Crippen molar-refractivity contribution in [3.05, 3.63) is 63.4 Å². The molecular weight excluding hydrogens is 422 g/mol. The summed E-state index contributed by atoms with van der Waals surface area (Å²) in [7, 11) is 0. The zero-order valence-electron chi connectivity index (χ0n) is 16.6. The minimum Gasteiger partial charge on any atom is -0.448 e. The van der Waals surface area contributed by atoms with E-state index in [1.54, 1.807) is 16.7 Å². The Morgan fingerprint density at radius 1 is 1.27 bits per heavy atom. The molecule has 0 aliphatic carbocycles. The van der Waals surface area contributed by atoms with E-state index < -0.39 is 0 Å². The van der Waals surface area contributed by atoms with Crippen molar-refractivity contribution in [2.24, 2.45) is 0 Å². The number of carbonyl (C=O) groups is 1. The van der Waals surface area contributed by atoms with Gasteiger partial charge in [0.1, 0.15) is 11.1 Å². The molecule has 2 heterocycles. The lowest BCUT2D eigenvalue weighted by Gasteiger charge is -2.11. The Hall–Kier alpha value is -2.77. The van der Waals surface area contributed by atoms with Crippen molar-refractivity contribution in [3.63, 3.8) is 0 Å². The van der Waals surface area contributed by atoms with Crippen molar-refractivity contribution in [2.45, 2.75) is 32.0 Å². The van der Waals surface area contributed by atoms with Crippen LogP contribution in [0.4, 0.5) is 5.69 Å². The molecule has 2 aromatic heterocycles. The zero-order chi connectivity index (χ0) is 21.3. The molecule has 6 nitrogen and oxygen atoms in total. The van der Waals surface area contributed by atoms with Gasteiger partial charge in [0.15, 0.2) is 5.16 Å². The number of nitrogens with zero attached hydrogens (tertiary/aromatic N) is 2. The molecule has 4 rings (SSSR count). The maximum atomic E-state index is 13.0. The van der Waals surface area contributed by atoms with Gasteiger partial charge in [-0.2, -0.15) is 0 Å². The van der Waals surface area contributed by atoms with E-state index in [9.17, 15) is 9.59 Å². The third-order valence-corrected chi connectivity index (χ3v) is 5.91. The van der Waals surface area contributed by atoms with Crippen LogP contribution in [0.1, 0.15) is 18.9 Å². The molecule has 0 atom stereocenters. The lowest BCUT2D eigenvalue weighted by molar-refractivity contribution is -0.113. The zero-order valence-corrected chi connectivity index (χ0v) is 18.1. The Morgan fingerprint density at radius 3 is 2.83 bits per heavy atom. The van der Waals surface area contributed by atoms with E-state index in [1.165, 1.54) is 11.8 Å². The Labute approximate surface area is 182 Å². The van der Waals surface area contributed by atoms with Crippen molar-refractivity contribution in [1.29, 1.82) is 0 Å². The number of rotatable bonds is 6. The van der Waals surface area contributed by atoms with Crippen molar-refractivity contribution in [1.82, 2.24) is 9.55 Å². The van der Waals surface area contributed by atoms with E-state index in [-0.39, 0.29) is 22.8 Å². The first-order chi connectivity index (χ1) is 14.5. The van der Waals surface area contributed by atoms with Gasteiger partial charge < -0.3 is 9.73 Å². The molecule has 0 spiro atoms. The van der Waals surface area contributed by atoms with Gasteiger partial charge in [-0.25, -0.2) is 4.98 Å². The molecule has 0 saturated heterocycles. The highest BCUT2D eigenvalue weighted by molar-refractivity contribution is 7.99. The van der Waals surface area contributed by atoms with Gasteiger partial charge in [-0.05, 0) is 43.2 Å². The fraction of sp³-hybridized carbons (Fsp3) is 0.227. The number of halogens is 1. The highest BCUT2D eigenvalue weighted by Crippen LogP contribution is 2.28. The number of thioether (sulfide) groups is 1. The summed E-state index contributed by atoms with van der Waals surface area (Å²) in [5.41, 5.74) is 2.72. The van der Waals surface area contributed by atoms with Gasteiger partial charge in [-0.15, -0.1) is 0 Å². The lowest BCUT2D eigenvalue weighted by Crippen LogP contribution is -2.23. The van der Waals surface area contributed by atoms with Crippen LogP contribution in [0.2, 0.25) is 5.02 Å². The molecule has 2 aromatic carbocycles. The molecule has 8 heteroatoms. The predicted molar refractivity (Wildman–Crippen MR) is 122 cm³/mol. The van der Waals surface area contributed by atoms with Crippen LogP contribution in [0.3, 0.4) is 0 Å². The average Bonchev–Trinajstić information content (AvgIpc) is 3.10. The average molecular weight is 442 g/mol. The highest BCUT2D eigenvalue weighted by Gasteiger charge is 2.18. The van der Waals surface area contributed by atoms with Crippen LogP contribution in [-0.4, -0.2) is 21.2 Å². The maximum Gasteiger partial charge on any atom is 0.297 e. The topological polar surface area (TPSA) is 77.1 Å². The summed E-state index contributed by atoms with van der Waals surface area (Å²) >= 11 is 7.42. The van der Waals surface area contributed by atoms with Crippen LogP contribution in [-0.2, 0) is 11.3 Å². The Kier molecular flexibility index (Phi) is 5.83. The van der Waals surface area contributed by atoms with Crippen LogP contribution >= 0.6 is 23.4 Å². The Balaban J connectivity index is 1.64. The minimum absolute atomic E-state index is 0.0989. The smallest absolute Gasteiger partial charge is 0.297 e. The van der Waals surface area contributed by atoms with Crippen LogP contribution in [0.15, 0.2) is 56.8 Å². The molecule has 0 aliphatic rings. The summed E-state index contributed by atoms with van der Waals surface area (Å²) in [6, 6.07) is 12.9. The second kappa shape index (κ2) is 8.53. The number of nitrogens with one attached hydrogen (secondary N) is 1. The van der Waals surface area contributed by atoms with Crippen LogP contribution in [0.25, 0.3) is 22.1 Å². The van der Waals surface area contributed by atoms with Gasteiger partial charge in [0, 0.05) is 11.9 Å². The number of furan rings is 1. The van der Waals surface area contributed by atoms with E-state index in [0.717, 1.165) is 17.4 Å². The largest absolute Gasteiger partial charge is 0.448 e. The highest BCUT2D eigenvalue weighted by atomic mass is 35.5. The number of anilines is 1. The molecule has 1 N–H and O–H groups in total. The van der Waals surface area contributed by atoms with Gasteiger partial charge in [-0.3, -0.25) is 14.2 Å². The summed E-state index contributed by atoms with van der Waals surface area (Å²) < 4.78 is 7.32. The number of fused-ring (bicyclic) bond motifs is 3. The summed E-state index contributed by atoms with van der Waals surface area (Å²) in [4.78, 5) is 30.2. The second-order valence-corrected chi connectivity index (χ2v) is 8.30. The standard InChI is InChI=1S/C22H20ClN3O3S/c1-3-10-26-21(28)20-19(14-6-4-5-7-17(14)29-20)25-22(26)30-12-18(27)24-16-9-8-13(2)11-15(16)23/h4-9,11H,3,10,12H2,1-2H3,(H,24,27). The molecule has 154 valence electrons. The molecule has 1 amide bonds. The number of benzene rings is 2. The predicted octanol–water partition coefficient (Wildman–Crippen LogP) is 5.25. The molecule has 0 unspecified atom stereocenters. The van der Waals surface area contributed by atoms with E-state index >= 15 is 0 Å². The van der Waals surface area contributed by atoms with Gasteiger partial charge in [-0.1, -0.05) is 48.5 Å².